The molecule has 98 valence electrons. The number of piperazine rings is 3. The van der Waals surface area contributed by atoms with Crippen molar-refractivity contribution in [3.8, 4) is 5.75 Å². The highest BCUT2D eigenvalue weighted by atomic mass is 16.5. The summed E-state index contributed by atoms with van der Waals surface area (Å²) in [4.78, 5) is 5.04. The molecule has 1 aromatic carbocycles. The molecule has 4 rings (SSSR count). The summed E-state index contributed by atoms with van der Waals surface area (Å²) in [5.41, 5.74) is 7.61. The number of rotatable bonds is 3. The summed E-state index contributed by atoms with van der Waals surface area (Å²) in [7, 11) is 1.71. The molecule has 3 heterocycles. The third-order valence-electron chi connectivity index (χ3n) is 4.23. The van der Waals surface area contributed by atoms with Gasteiger partial charge in [-0.05, 0) is 6.07 Å². The molecule has 3 fully saturated rings. The van der Waals surface area contributed by atoms with Crippen LogP contribution in [-0.2, 0) is 0 Å². The minimum Gasteiger partial charge on any atom is -0.496 e. The molecule has 18 heavy (non-hydrogen) atoms. The Balaban J connectivity index is 1.83. The van der Waals surface area contributed by atoms with Crippen molar-refractivity contribution in [1.82, 2.24) is 9.80 Å². The molecule has 2 bridgehead atoms. The van der Waals surface area contributed by atoms with Gasteiger partial charge in [-0.25, -0.2) is 0 Å². The number of nitrogens with zero attached hydrogens (tertiary/aromatic N) is 2. The Labute approximate surface area is 108 Å². The van der Waals surface area contributed by atoms with Gasteiger partial charge in [0.15, 0.2) is 0 Å². The van der Waals surface area contributed by atoms with E-state index in [0.29, 0.717) is 6.04 Å². The number of hydrogen-bond donors (Lipinski definition) is 1. The highest BCUT2D eigenvalue weighted by molar-refractivity contribution is 5.36. The van der Waals surface area contributed by atoms with Crippen molar-refractivity contribution in [2.24, 2.45) is 5.73 Å². The molecule has 3 saturated heterocycles. The van der Waals surface area contributed by atoms with E-state index in [4.69, 9.17) is 10.5 Å². The second-order valence-corrected chi connectivity index (χ2v) is 5.17. The molecule has 0 saturated carbocycles. The SMILES string of the molecule is COc1ccccc1C(N)C1CN2CCN1CC2. The molecule has 4 heteroatoms. The lowest BCUT2D eigenvalue weighted by atomic mass is 9.94. The van der Waals surface area contributed by atoms with E-state index in [2.05, 4.69) is 15.9 Å². The van der Waals surface area contributed by atoms with Crippen molar-refractivity contribution in [3.05, 3.63) is 29.8 Å². The average Bonchev–Trinajstić information content (AvgIpc) is 2.47. The Morgan fingerprint density at radius 3 is 2.56 bits per heavy atom. The van der Waals surface area contributed by atoms with Crippen molar-refractivity contribution >= 4 is 0 Å². The maximum absolute atomic E-state index is 6.48. The van der Waals surface area contributed by atoms with Crippen LogP contribution in [0.1, 0.15) is 11.6 Å². The van der Waals surface area contributed by atoms with E-state index in [-0.39, 0.29) is 6.04 Å². The van der Waals surface area contributed by atoms with E-state index < -0.39 is 0 Å². The zero-order valence-corrected chi connectivity index (χ0v) is 10.9. The number of nitrogens with two attached hydrogens (primary N) is 1. The maximum atomic E-state index is 6.48. The van der Waals surface area contributed by atoms with Crippen LogP contribution in [0.2, 0.25) is 0 Å². The van der Waals surface area contributed by atoms with Crippen LogP contribution in [-0.4, -0.2) is 55.7 Å². The van der Waals surface area contributed by atoms with Crippen LogP contribution >= 0.6 is 0 Å². The summed E-state index contributed by atoms with van der Waals surface area (Å²) >= 11 is 0. The van der Waals surface area contributed by atoms with Gasteiger partial charge in [0.2, 0.25) is 0 Å². The third-order valence-corrected chi connectivity index (χ3v) is 4.23. The Hall–Kier alpha value is -1.10. The minimum absolute atomic E-state index is 0.0317. The minimum atomic E-state index is 0.0317. The molecular weight excluding hydrogens is 226 g/mol. The fourth-order valence-corrected chi connectivity index (χ4v) is 3.15. The van der Waals surface area contributed by atoms with Gasteiger partial charge in [0, 0.05) is 44.3 Å². The number of benzene rings is 1. The molecule has 0 aliphatic carbocycles. The first-order chi connectivity index (χ1) is 8.79. The molecule has 1 aromatic rings. The maximum Gasteiger partial charge on any atom is 0.123 e. The first kappa shape index (κ1) is 12.0. The summed E-state index contributed by atoms with van der Waals surface area (Å²) in [6.45, 7) is 5.75. The summed E-state index contributed by atoms with van der Waals surface area (Å²) < 4.78 is 5.43. The number of para-hydroxylation sites is 1. The van der Waals surface area contributed by atoms with E-state index in [9.17, 15) is 0 Å². The van der Waals surface area contributed by atoms with Crippen LogP contribution in [0.5, 0.6) is 5.75 Å². The Morgan fingerprint density at radius 2 is 1.94 bits per heavy atom. The van der Waals surface area contributed by atoms with Crippen LogP contribution in [0.15, 0.2) is 24.3 Å². The van der Waals surface area contributed by atoms with Gasteiger partial charge >= 0.3 is 0 Å². The van der Waals surface area contributed by atoms with Crippen LogP contribution in [0.4, 0.5) is 0 Å². The van der Waals surface area contributed by atoms with Gasteiger partial charge in [0.25, 0.3) is 0 Å². The standard InChI is InChI=1S/C14H21N3O/c1-18-13-5-3-2-4-11(13)14(15)12-10-16-6-8-17(12)9-7-16/h2-5,12,14H,6-10,15H2,1H3. The zero-order valence-electron chi connectivity index (χ0n) is 10.9. The molecular formula is C14H21N3O. The highest BCUT2D eigenvalue weighted by Gasteiger charge is 2.36. The van der Waals surface area contributed by atoms with Crippen molar-refractivity contribution in [2.45, 2.75) is 12.1 Å². The molecule has 3 aliphatic heterocycles. The largest absolute Gasteiger partial charge is 0.496 e. The predicted molar refractivity (Wildman–Crippen MR) is 71.7 cm³/mol. The van der Waals surface area contributed by atoms with Crippen molar-refractivity contribution in [1.29, 1.82) is 0 Å². The van der Waals surface area contributed by atoms with Crippen LogP contribution < -0.4 is 10.5 Å². The average molecular weight is 247 g/mol. The predicted octanol–water partition coefficient (Wildman–Crippen LogP) is 0.695. The molecule has 2 atom stereocenters. The molecule has 0 amide bonds. The highest BCUT2D eigenvalue weighted by Crippen LogP contribution is 2.30. The Kier molecular flexibility index (Phi) is 3.24. The van der Waals surface area contributed by atoms with Crippen LogP contribution in [0, 0.1) is 0 Å². The second kappa shape index (κ2) is 4.88. The van der Waals surface area contributed by atoms with Crippen LogP contribution in [0.3, 0.4) is 0 Å². The summed E-state index contributed by atoms with van der Waals surface area (Å²) in [6, 6.07) is 8.56. The fourth-order valence-electron chi connectivity index (χ4n) is 3.15. The van der Waals surface area contributed by atoms with Gasteiger partial charge in [-0.3, -0.25) is 9.80 Å². The smallest absolute Gasteiger partial charge is 0.123 e. The lowest BCUT2D eigenvalue weighted by Gasteiger charge is -2.49. The number of ether oxygens (including phenoxy) is 1. The summed E-state index contributed by atoms with van der Waals surface area (Å²) in [5, 5.41) is 0. The van der Waals surface area contributed by atoms with E-state index in [1.165, 1.54) is 13.1 Å². The monoisotopic (exact) mass is 247 g/mol. The van der Waals surface area contributed by atoms with Gasteiger partial charge in [-0.15, -0.1) is 0 Å². The molecule has 2 N–H and O–H groups in total. The lowest BCUT2D eigenvalue weighted by molar-refractivity contribution is 0.00187. The number of fused-ring (bicyclic) bond motifs is 3. The van der Waals surface area contributed by atoms with E-state index >= 15 is 0 Å². The second-order valence-electron chi connectivity index (χ2n) is 5.17. The Morgan fingerprint density at radius 1 is 1.22 bits per heavy atom. The van der Waals surface area contributed by atoms with Gasteiger partial charge in [-0.1, -0.05) is 18.2 Å². The van der Waals surface area contributed by atoms with E-state index in [1.807, 2.05) is 18.2 Å². The van der Waals surface area contributed by atoms with E-state index in [0.717, 1.165) is 30.9 Å². The number of hydrogen-bond acceptors (Lipinski definition) is 4. The first-order valence-corrected chi connectivity index (χ1v) is 6.64. The molecule has 0 radical (unpaired) electrons. The summed E-state index contributed by atoms with van der Waals surface area (Å²) in [6.07, 6.45) is 0. The van der Waals surface area contributed by atoms with Crippen LogP contribution in [0.25, 0.3) is 0 Å². The first-order valence-electron chi connectivity index (χ1n) is 6.64. The fraction of sp³-hybridized carbons (Fsp3) is 0.571. The molecule has 2 unspecified atom stereocenters. The number of methoxy groups -OCH3 is 1. The van der Waals surface area contributed by atoms with Crippen molar-refractivity contribution in [2.75, 3.05) is 39.8 Å². The molecule has 0 aromatic heterocycles. The van der Waals surface area contributed by atoms with E-state index in [1.54, 1.807) is 7.11 Å². The third kappa shape index (κ3) is 2.00. The van der Waals surface area contributed by atoms with Gasteiger partial charge < -0.3 is 10.5 Å². The Bertz CT molecular complexity index is 415. The molecule has 4 nitrogen and oxygen atoms in total. The van der Waals surface area contributed by atoms with Gasteiger partial charge in [0.1, 0.15) is 5.75 Å². The topological polar surface area (TPSA) is 41.7 Å². The lowest BCUT2D eigenvalue weighted by Crippen LogP contribution is -2.63. The van der Waals surface area contributed by atoms with Gasteiger partial charge in [0.05, 0.1) is 13.2 Å². The molecule has 0 spiro atoms. The normalized spacial score (nSPS) is 32.2. The molecule has 3 aliphatic rings. The zero-order chi connectivity index (χ0) is 12.5. The van der Waals surface area contributed by atoms with Crippen molar-refractivity contribution in [3.63, 3.8) is 0 Å². The van der Waals surface area contributed by atoms with Gasteiger partial charge in [-0.2, -0.15) is 0 Å². The summed E-state index contributed by atoms with van der Waals surface area (Å²) in [5.74, 6) is 0.905. The van der Waals surface area contributed by atoms with Crippen molar-refractivity contribution < 1.29 is 4.74 Å². The quantitative estimate of drug-likeness (QED) is 0.853.